The molecule has 1 aromatic carbocycles. The highest BCUT2D eigenvalue weighted by atomic mass is 19.1. The Bertz CT molecular complexity index is 292. The molecule has 0 spiro atoms. The van der Waals surface area contributed by atoms with Crippen LogP contribution in [-0.2, 0) is 0 Å². The summed E-state index contributed by atoms with van der Waals surface area (Å²) in [5, 5.41) is 0. The predicted molar refractivity (Wildman–Crippen MR) is 47.8 cm³/mol. The zero-order valence-electron chi connectivity index (χ0n) is 7.17. The standard InChI is InChI=1S/C10H11FO/c1-8(7-11)9-4-3-5-10(6-9)12-2/h3-7H,1-2H3/b8-7-. The van der Waals surface area contributed by atoms with Gasteiger partial charge in [-0.2, -0.15) is 0 Å². The number of methoxy groups -OCH3 is 1. The van der Waals surface area contributed by atoms with E-state index in [9.17, 15) is 4.39 Å². The summed E-state index contributed by atoms with van der Waals surface area (Å²) in [6.45, 7) is 1.72. The van der Waals surface area contributed by atoms with E-state index in [1.165, 1.54) is 0 Å². The van der Waals surface area contributed by atoms with Crippen molar-refractivity contribution >= 4 is 5.57 Å². The van der Waals surface area contributed by atoms with E-state index in [1.54, 1.807) is 20.1 Å². The number of benzene rings is 1. The Morgan fingerprint density at radius 1 is 1.50 bits per heavy atom. The minimum atomic E-state index is 0.592. The number of rotatable bonds is 2. The molecule has 1 aromatic rings. The Balaban J connectivity index is 3.02. The molecule has 0 aliphatic rings. The van der Waals surface area contributed by atoms with Gasteiger partial charge < -0.3 is 4.74 Å². The minimum absolute atomic E-state index is 0.592. The Hall–Kier alpha value is -1.31. The van der Waals surface area contributed by atoms with Gasteiger partial charge in [0.25, 0.3) is 0 Å². The van der Waals surface area contributed by atoms with Crippen LogP contribution < -0.4 is 4.74 Å². The van der Waals surface area contributed by atoms with E-state index in [2.05, 4.69) is 0 Å². The van der Waals surface area contributed by atoms with Gasteiger partial charge in [-0.15, -0.1) is 0 Å². The molecule has 0 fully saturated rings. The Morgan fingerprint density at radius 3 is 2.83 bits per heavy atom. The van der Waals surface area contributed by atoms with Crippen LogP contribution in [0.25, 0.3) is 5.57 Å². The third-order valence-corrected chi connectivity index (χ3v) is 1.69. The average Bonchev–Trinajstić information content (AvgIpc) is 2.17. The van der Waals surface area contributed by atoms with Crippen LogP contribution in [0.3, 0.4) is 0 Å². The van der Waals surface area contributed by atoms with Crippen LogP contribution in [0.15, 0.2) is 30.6 Å². The highest BCUT2D eigenvalue weighted by Crippen LogP contribution is 2.19. The van der Waals surface area contributed by atoms with E-state index >= 15 is 0 Å². The number of hydrogen-bond donors (Lipinski definition) is 0. The molecule has 0 radical (unpaired) electrons. The van der Waals surface area contributed by atoms with Crippen molar-refractivity contribution in [2.75, 3.05) is 7.11 Å². The molecule has 0 unspecified atom stereocenters. The van der Waals surface area contributed by atoms with Crippen molar-refractivity contribution in [2.24, 2.45) is 0 Å². The second kappa shape index (κ2) is 3.90. The lowest BCUT2D eigenvalue weighted by Crippen LogP contribution is -1.84. The van der Waals surface area contributed by atoms with Crippen molar-refractivity contribution in [1.29, 1.82) is 0 Å². The monoisotopic (exact) mass is 166 g/mol. The van der Waals surface area contributed by atoms with Crippen LogP contribution in [0.4, 0.5) is 4.39 Å². The van der Waals surface area contributed by atoms with Crippen molar-refractivity contribution in [2.45, 2.75) is 6.92 Å². The second-order valence-electron chi connectivity index (χ2n) is 2.52. The molecule has 2 heteroatoms. The molecule has 0 amide bonds. The molecule has 1 rings (SSSR count). The summed E-state index contributed by atoms with van der Waals surface area (Å²) < 4.78 is 17.1. The van der Waals surface area contributed by atoms with Gasteiger partial charge in [-0.3, -0.25) is 0 Å². The fourth-order valence-corrected chi connectivity index (χ4v) is 0.931. The van der Waals surface area contributed by atoms with Crippen molar-refractivity contribution in [1.82, 2.24) is 0 Å². The van der Waals surface area contributed by atoms with E-state index in [0.29, 0.717) is 11.9 Å². The van der Waals surface area contributed by atoms with Crippen LogP contribution >= 0.6 is 0 Å². The first kappa shape index (κ1) is 8.78. The zero-order valence-corrected chi connectivity index (χ0v) is 7.17. The summed E-state index contributed by atoms with van der Waals surface area (Å²) >= 11 is 0. The maximum Gasteiger partial charge on any atom is 0.119 e. The van der Waals surface area contributed by atoms with E-state index in [4.69, 9.17) is 4.74 Å². The molecule has 0 aromatic heterocycles. The van der Waals surface area contributed by atoms with Crippen molar-refractivity contribution in [3.8, 4) is 5.75 Å². The van der Waals surface area contributed by atoms with Gasteiger partial charge in [0, 0.05) is 0 Å². The fraction of sp³-hybridized carbons (Fsp3) is 0.200. The summed E-state index contributed by atoms with van der Waals surface area (Å²) in [5.41, 5.74) is 1.45. The van der Waals surface area contributed by atoms with Crippen LogP contribution in [0, 0.1) is 0 Å². The highest BCUT2D eigenvalue weighted by Gasteiger charge is 1.96. The Morgan fingerprint density at radius 2 is 2.25 bits per heavy atom. The molecule has 0 aliphatic carbocycles. The minimum Gasteiger partial charge on any atom is -0.497 e. The number of allylic oxidation sites excluding steroid dienone is 1. The normalized spacial score (nSPS) is 11.4. The maximum atomic E-state index is 12.1. The van der Waals surface area contributed by atoms with Gasteiger partial charge in [-0.05, 0) is 30.2 Å². The van der Waals surface area contributed by atoms with Gasteiger partial charge in [0.15, 0.2) is 0 Å². The largest absolute Gasteiger partial charge is 0.497 e. The van der Waals surface area contributed by atoms with Crippen molar-refractivity contribution in [3.63, 3.8) is 0 Å². The summed E-state index contributed by atoms with van der Waals surface area (Å²) in [6, 6.07) is 7.30. The van der Waals surface area contributed by atoms with Gasteiger partial charge in [0.1, 0.15) is 5.75 Å². The van der Waals surface area contributed by atoms with E-state index in [-0.39, 0.29) is 0 Å². The van der Waals surface area contributed by atoms with E-state index < -0.39 is 0 Å². The topological polar surface area (TPSA) is 9.23 Å². The molecule has 0 atom stereocenters. The quantitative estimate of drug-likeness (QED) is 0.656. The van der Waals surface area contributed by atoms with E-state index in [0.717, 1.165) is 11.3 Å². The van der Waals surface area contributed by atoms with Crippen LogP contribution in [0.5, 0.6) is 5.75 Å². The molecule has 0 saturated carbocycles. The number of ether oxygens (including phenoxy) is 1. The lowest BCUT2D eigenvalue weighted by Gasteiger charge is -2.02. The molecule has 0 aliphatic heterocycles. The van der Waals surface area contributed by atoms with Crippen LogP contribution in [0.1, 0.15) is 12.5 Å². The molecular formula is C10H11FO. The Kier molecular flexibility index (Phi) is 2.86. The molecular weight excluding hydrogens is 155 g/mol. The van der Waals surface area contributed by atoms with Crippen molar-refractivity contribution in [3.05, 3.63) is 36.2 Å². The van der Waals surface area contributed by atoms with Crippen LogP contribution in [-0.4, -0.2) is 7.11 Å². The second-order valence-corrected chi connectivity index (χ2v) is 2.52. The molecule has 1 nitrogen and oxygen atoms in total. The average molecular weight is 166 g/mol. The fourth-order valence-electron chi connectivity index (χ4n) is 0.931. The molecule has 64 valence electrons. The molecule has 0 bridgehead atoms. The lowest BCUT2D eigenvalue weighted by molar-refractivity contribution is 0.414. The molecule has 12 heavy (non-hydrogen) atoms. The highest BCUT2D eigenvalue weighted by molar-refractivity contribution is 5.63. The van der Waals surface area contributed by atoms with E-state index in [1.807, 2.05) is 18.2 Å². The molecule has 0 N–H and O–H groups in total. The molecule has 0 saturated heterocycles. The third-order valence-electron chi connectivity index (χ3n) is 1.69. The third kappa shape index (κ3) is 1.84. The summed E-state index contributed by atoms with van der Waals surface area (Å²) in [7, 11) is 1.59. The summed E-state index contributed by atoms with van der Waals surface area (Å²) in [4.78, 5) is 0. The van der Waals surface area contributed by atoms with Gasteiger partial charge in [0.2, 0.25) is 0 Å². The van der Waals surface area contributed by atoms with Gasteiger partial charge in [-0.1, -0.05) is 12.1 Å². The first-order valence-electron chi connectivity index (χ1n) is 3.69. The summed E-state index contributed by atoms with van der Waals surface area (Å²) in [6.07, 6.45) is 0.592. The van der Waals surface area contributed by atoms with Crippen LogP contribution in [0.2, 0.25) is 0 Å². The van der Waals surface area contributed by atoms with Gasteiger partial charge in [0.05, 0.1) is 13.4 Å². The predicted octanol–water partition coefficient (Wildman–Crippen LogP) is 3.03. The first-order valence-corrected chi connectivity index (χ1v) is 3.69. The summed E-state index contributed by atoms with van der Waals surface area (Å²) in [5.74, 6) is 0.744. The number of hydrogen-bond acceptors (Lipinski definition) is 1. The van der Waals surface area contributed by atoms with Gasteiger partial charge in [-0.25, -0.2) is 4.39 Å². The zero-order chi connectivity index (χ0) is 8.97. The SMILES string of the molecule is COc1cccc(/C(C)=C\F)c1. The molecule has 0 heterocycles. The van der Waals surface area contributed by atoms with Gasteiger partial charge >= 0.3 is 0 Å². The number of halogens is 1. The smallest absolute Gasteiger partial charge is 0.119 e. The lowest BCUT2D eigenvalue weighted by atomic mass is 10.1. The first-order chi connectivity index (χ1) is 5.77. The maximum absolute atomic E-state index is 12.1. The Labute approximate surface area is 71.5 Å². The van der Waals surface area contributed by atoms with Crippen molar-refractivity contribution < 1.29 is 9.13 Å².